The maximum atomic E-state index is 11.5. The van der Waals surface area contributed by atoms with Crippen molar-refractivity contribution < 1.29 is 9.59 Å². The summed E-state index contributed by atoms with van der Waals surface area (Å²) >= 11 is 0. The SMILES string of the molecule is NCC(=O)NCC(=O)NC1CCCCCC1. The second-order valence-electron chi connectivity index (χ2n) is 4.24. The highest BCUT2D eigenvalue weighted by molar-refractivity contribution is 5.85. The minimum absolute atomic E-state index is 0.0343. The summed E-state index contributed by atoms with van der Waals surface area (Å²) in [5.74, 6) is -0.412. The largest absolute Gasteiger partial charge is 0.352 e. The second kappa shape index (κ2) is 7.22. The summed E-state index contributed by atoms with van der Waals surface area (Å²) in [6.07, 6.45) is 6.99. The molecule has 0 spiro atoms. The maximum absolute atomic E-state index is 11.5. The van der Waals surface area contributed by atoms with Gasteiger partial charge in [0.05, 0.1) is 13.1 Å². The van der Waals surface area contributed by atoms with Crippen molar-refractivity contribution >= 4 is 11.8 Å². The zero-order chi connectivity index (χ0) is 11.8. The Morgan fingerprint density at radius 3 is 2.25 bits per heavy atom. The van der Waals surface area contributed by atoms with Gasteiger partial charge in [-0.05, 0) is 12.8 Å². The van der Waals surface area contributed by atoms with Crippen molar-refractivity contribution in [2.24, 2.45) is 5.73 Å². The van der Waals surface area contributed by atoms with Crippen molar-refractivity contribution in [3.8, 4) is 0 Å². The van der Waals surface area contributed by atoms with Gasteiger partial charge in [0.25, 0.3) is 0 Å². The molecule has 0 aliphatic heterocycles. The van der Waals surface area contributed by atoms with E-state index in [9.17, 15) is 9.59 Å². The van der Waals surface area contributed by atoms with Crippen molar-refractivity contribution in [2.75, 3.05) is 13.1 Å². The van der Waals surface area contributed by atoms with Crippen LogP contribution in [0.25, 0.3) is 0 Å². The standard InChI is InChI=1S/C11H21N3O2/c12-7-10(15)13-8-11(16)14-9-5-3-1-2-4-6-9/h9H,1-8,12H2,(H,13,15)(H,14,16). The van der Waals surface area contributed by atoms with Crippen LogP contribution in [0.2, 0.25) is 0 Å². The molecule has 0 unspecified atom stereocenters. The van der Waals surface area contributed by atoms with Crippen LogP contribution in [0.5, 0.6) is 0 Å². The molecular formula is C11H21N3O2. The Balaban J connectivity index is 2.19. The number of rotatable bonds is 4. The minimum atomic E-state index is -0.295. The monoisotopic (exact) mass is 227 g/mol. The number of nitrogens with one attached hydrogen (secondary N) is 2. The number of carbonyl (C=O) groups is 2. The fourth-order valence-electron chi connectivity index (χ4n) is 1.95. The highest BCUT2D eigenvalue weighted by atomic mass is 16.2. The Bertz CT molecular complexity index is 235. The van der Waals surface area contributed by atoms with E-state index in [0.717, 1.165) is 12.8 Å². The smallest absolute Gasteiger partial charge is 0.239 e. The molecule has 1 aliphatic rings. The van der Waals surface area contributed by atoms with E-state index in [0.29, 0.717) is 0 Å². The first-order valence-electron chi connectivity index (χ1n) is 5.98. The lowest BCUT2D eigenvalue weighted by Crippen LogP contribution is -2.43. The highest BCUT2D eigenvalue weighted by Gasteiger charge is 2.14. The average molecular weight is 227 g/mol. The van der Waals surface area contributed by atoms with Gasteiger partial charge in [0.1, 0.15) is 0 Å². The van der Waals surface area contributed by atoms with Crippen LogP contribution in [0.15, 0.2) is 0 Å². The molecule has 5 nitrogen and oxygen atoms in total. The van der Waals surface area contributed by atoms with E-state index >= 15 is 0 Å². The van der Waals surface area contributed by atoms with Gasteiger partial charge in [-0.3, -0.25) is 9.59 Å². The predicted molar refractivity (Wildman–Crippen MR) is 61.7 cm³/mol. The molecule has 0 aromatic rings. The van der Waals surface area contributed by atoms with Crippen LogP contribution in [-0.4, -0.2) is 30.9 Å². The Labute approximate surface area is 96.1 Å². The molecule has 0 aromatic heterocycles. The Morgan fingerprint density at radius 1 is 1.06 bits per heavy atom. The number of amides is 2. The van der Waals surface area contributed by atoms with Gasteiger partial charge in [-0.1, -0.05) is 25.7 Å². The van der Waals surface area contributed by atoms with E-state index < -0.39 is 0 Å². The normalized spacial score (nSPS) is 17.6. The molecule has 2 amide bonds. The molecule has 0 radical (unpaired) electrons. The zero-order valence-electron chi connectivity index (χ0n) is 9.63. The number of hydrogen-bond acceptors (Lipinski definition) is 3. The van der Waals surface area contributed by atoms with E-state index in [2.05, 4.69) is 10.6 Å². The quantitative estimate of drug-likeness (QED) is 0.586. The number of carbonyl (C=O) groups excluding carboxylic acids is 2. The lowest BCUT2D eigenvalue weighted by Gasteiger charge is -2.16. The highest BCUT2D eigenvalue weighted by Crippen LogP contribution is 2.16. The third-order valence-electron chi connectivity index (χ3n) is 2.85. The first-order valence-corrected chi connectivity index (χ1v) is 5.98. The molecule has 0 saturated heterocycles. The summed E-state index contributed by atoms with van der Waals surface area (Å²) in [6, 6.07) is 0.282. The van der Waals surface area contributed by atoms with Crippen LogP contribution in [0.1, 0.15) is 38.5 Å². The van der Waals surface area contributed by atoms with Crippen molar-refractivity contribution in [3.63, 3.8) is 0 Å². The van der Waals surface area contributed by atoms with E-state index in [1.165, 1.54) is 25.7 Å². The van der Waals surface area contributed by atoms with Crippen LogP contribution < -0.4 is 16.4 Å². The molecular weight excluding hydrogens is 206 g/mol. The van der Waals surface area contributed by atoms with E-state index in [4.69, 9.17) is 5.73 Å². The van der Waals surface area contributed by atoms with Gasteiger partial charge in [0, 0.05) is 6.04 Å². The van der Waals surface area contributed by atoms with E-state index in [-0.39, 0.29) is 30.9 Å². The molecule has 1 rings (SSSR count). The molecule has 92 valence electrons. The fourth-order valence-corrected chi connectivity index (χ4v) is 1.95. The summed E-state index contributed by atoms with van der Waals surface area (Å²) in [4.78, 5) is 22.3. The third kappa shape index (κ3) is 5.11. The fraction of sp³-hybridized carbons (Fsp3) is 0.818. The molecule has 0 bridgehead atoms. The Kier molecular flexibility index (Phi) is 5.85. The first kappa shape index (κ1) is 13.0. The molecule has 5 heteroatoms. The van der Waals surface area contributed by atoms with Crippen LogP contribution in [0, 0.1) is 0 Å². The number of nitrogens with two attached hydrogens (primary N) is 1. The van der Waals surface area contributed by atoms with Crippen LogP contribution in [0.3, 0.4) is 0 Å². The Morgan fingerprint density at radius 2 is 1.69 bits per heavy atom. The predicted octanol–water partition coefficient (Wildman–Crippen LogP) is -0.0997. The van der Waals surface area contributed by atoms with Gasteiger partial charge in [0.15, 0.2) is 0 Å². The zero-order valence-corrected chi connectivity index (χ0v) is 9.63. The topological polar surface area (TPSA) is 84.2 Å². The lowest BCUT2D eigenvalue weighted by molar-refractivity contribution is -0.125. The van der Waals surface area contributed by atoms with Gasteiger partial charge < -0.3 is 16.4 Å². The van der Waals surface area contributed by atoms with Crippen LogP contribution >= 0.6 is 0 Å². The second-order valence-corrected chi connectivity index (χ2v) is 4.24. The van der Waals surface area contributed by atoms with Crippen LogP contribution in [0.4, 0.5) is 0 Å². The van der Waals surface area contributed by atoms with Crippen molar-refractivity contribution in [2.45, 2.75) is 44.6 Å². The van der Waals surface area contributed by atoms with Crippen molar-refractivity contribution in [1.29, 1.82) is 0 Å². The summed E-state index contributed by atoms with van der Waals surface area (Å²) in [6.45, 7) is -0.0385. The summed E-state index contributed by atoms with van der Waals surface area (Å²) in [7, 11) is 0. The van der Waals surface area contributed by atoms with E-state index in [1.54, 1.807) is 0 Å². The summed E-state index contributed by atoms with van der Waals surface area (Å²) in [5, 5.41) is 5.41. The molecule has 1 saturated carbocycles. The molecule has 1 fully saturated rings. The lowest BCUT2D eigenvalue weighted by atomic mass is 10.1. The van der Waals surface area contributed by atoms with Gasteiger partial charge in [-0.25, -0.2) is 0 Å². The van der Waals surface area contributed by atoms with Crippen molar-refractivity contribution in [1.82, 2.24) is 10.6 Å². The molecule has 0 aromatic carbocycles. The van der Waals surface area contributed by atoms with E-state index in [1.807, 2.05) is 0 Å². The van der Waals surface area contributed by atoms with Gasteiger partial charge >= 0.3 is 0 Å². The molecule has 4 N–H and O–H groups in total. The van der Waals surface area contributed by atoms with Gasteiger partial charge in [-0.15, -0.1) is 0 Å². The van der Waals surface area contributed by atoms with Gasteiger partial charge in [-0.2, -0.15) is 0 Å². The molecule has 0 heterocycles. The first-order chi connectivity index (χ1) is 7.72. The Hall–Kier alpha value is -1.10. The maximum Gasteiger partial charge on any atom is 0.239 e. The minimum Gasteiger partial charge on any atom is -0.352 e. The third-order valence-corrected chi connectivity index (χ3v) is 2.85. The molecule has 0 atom stereocenters. The summed E-state index contributed by atoms with van der Waals surface area (Å²) in [5.41, 5.74) is 5.12. The van der Waals surface area contributed by atoms with Crippen LogP contribution in [-0.2, 0) is 9.59 Å². The summed E-state index contributed by atoms with van der Waals surface area (Å²) < 4.78 is 0. The van der Waals surface area contributed by atoms with Gasteiger partial charge in [0.2, 0.25) is 11.8 Å². The van der Waals surface area contributed by atoms with Crippen molar-refractivity contribution in [3.05, 3.63) is 0 Å². The number of hydrogen-bond donors (Lipinski definition) is 3. The average Bonchev–Trinajstić information content (AvgIpc) is 2.54. The molecule has 16 heavy (non-hydrogen) atoms. The molecule has 1 aliphatic carbocycles.